The van der Waals surface area contributed by atoms with Crippen LogP contribution in [0.5, 0.6) is 0 Å². The summed E-state index contributed by atoms with van der Waals surface area (Å²) in [5.74, 6) is -0.588. The number of nitrogens with zero attached hydrogens (tertiary/aromatic N) is 3. The lowest BCUT2D eigenvalue weighted by atomic mass is 10.1. The molecule has 3 N–H and O–H groups in total. The number of nitrogens with two attached hydrogens (primary N) is 1. The summed E-state index contributed by atoms with van der Waals surface area (Å²) in [4.78, 5) is 14.5. The van der Waals surface area contributed by atoms with E-state index >= 15 is 0 Å². The van der Waals surface area contributed by atoms with Crippen LogP contribution in [0.4, 0.5) is 0 Å². The van der Waals surface area contributed by atoms with E-state index in [1.807, 2.05) is 0 Å². The number of aromatic nitrogens is 1. The summed E-state index contributed by atoms with van der Waals surface area (Å²) < 4.78 is 15.2. The number of hydrogen-bond acceptors (Lipinski definition) is 5. The van der Waals surface area contributed by atoms with Gasteiger partial charge in [0.2, 0.25) is 0 Å². The molecular weight excluding hydrogens is 264 g/mol. The molecule has 0 unspecified atom stereocenters. The number of thiazole rings is 1. The highest BCUT2D eigenvalue weighted by molar-refractivity contribution is 8.01. The number of rotatable bonds is 3. The molecule has 1 amide bonds. The maximum Gasteiger partial charge on any atom is 0.262 e. The van der Waals surface area contributed by atoms with Gasteiger partial charge in [0.1, 0.15) is 5.60 Å². The van der Waals surface area contributed by atoms with Gasteiger partial charge in [-0.15, -0.1) is 16.5 Å². The summed E-state index contributed by atoms with van der Waals surface area (Å²) >= 11 is 1.01. The standard InChI is InChI=1S/C8H14N4O3S2/c1-5(13)11-12-17(9,15)7-10-6(4-16-7)8(2,3)14/h4,14,17H,1-3H3,(H2,9,15)/b12-11+. The van der Waals surface area contributed by atoms with Crippen molar-refractivity contribution in [2.24, 2.45) is 14.8 Å². The third kappa shape index (κ3) is 3.73. The van der Waals surface area contributed by atoms with Crippen LogP contribution < -0.4 is 5.14 Å². The van der Waals surface area contributed by atoms with Crippen molar-refractivity contribution in [3.63, 3.8) is 0 Å². The molecule has 0 saturated heterocycles. The van der Waals surface area contributed by atoms with E-state index in [0.717, 1.165) is 11.3 Å². The summed E-state index contributed by atoms with van der Waals surface area (Å²) in [5.41, 5.74) is -0.798. The predicted molar refractivity (Wildman–Crippen MR) is 64.9 cm³/mol. The van der Waals surface area contributed by atoms with Gasteiger partial charge in [0.25, 0.3) is 5.91 Å². The average molecular weight is 278 g/mol. The highest BCUT2D eigenvalue weighted by Crippen LogP contribution is 2.26. The molecule has 1 rings (SSSR count). The van der Waals surface area contributed by atoms with Gasteiger partial charge in [0.15, 0.2) is 4.34 Å². The third-order valence-corrected chi connectivity index (χ3v) is 4.46. The van der Waals surface area contributed by atoms with Crippen molar-refractivity contribution < 1.29 is 14.1 Å². The Morgan fingerprint density at radius 2 is 2.24 bits per heavy atom. The molecule has 0 atom stereocenters. The second-order valence-corrected chi connectivity index (χ2v) is 6.91. The van der Waals surface area contributed by atoms with Gasteiger partial charge in [-0.2, -0.15) is 0 Å². The molecule has 0 spiro atoms. The molecule has 0 aromatic carbocycles. The van der Waals surface area contributed by atoms with Crippen LogP contribution in [0.1, 0.15) is 26.5 Å². The van der Waals surface area contributed by atoms with E-state index in [1.165, 1.54) is 12.3 Å². The molecular formula is C8H14N4O3S2. The van der Waals surface area contributed by atoms with Crippen LogP contribution >= 0.6 is 11.3 Å². The van der Waals surface area contributed by atoms with E-state index in [2.05, 4.69) is 14.6 Å². The van der Waals surface area contributed by atoms with Crippen molar-refractivity contribution in [1.29, 1.82) is 0 Å². The highest BCUT2D eigenvalue weighted by Gasteiger charge is 2.23. The second-order valence-electron chi connectivity index (χ2n) is 3.91. The Morgan fingerprint density at radius 1 is 1.65 bits per heavy atom. The lowest BCUT2D eigenvalue weighted by molar-refractivity contribution is -0.116. The fourth-order valence-corrected chi connectivity index (χ4v) is 3.03. The van der Waals surface area contributed by atoms with Crippen LogP contribution in [0, 0.1) is 0 Å². The van der Waals surface area contributed by atoms with E-state index < -0.39 is 21.8 Å². The molecule has 7 nitrogen and oxygen atoms in total. The SMILES string of the molecule is CC(=O)/N=N/[SH](N)(=O)c1nc(C(C)(C)O)cs1. The zero-order chi connectivity index (χ0) is 13.3. The lowest BCUT2D eigenvalue weighted by Gasteiger charge is -2.13. The van der Waals surface area contributed by atoms with Gasteiger partial charge in [-0.05, 0) is 13.8 Å². The summed E-state index contributed by atoms with van der Waals surface area (Å²) in [6.07, 6.45) is 0. The molecule has 0 aliphatic carbocycles. The maximum atomic E-state index is 11.9. The van der Waals surface area contributed by atoms with Gasteiger partial charge in [-0.25, -0.2) is 9.19 Å². The molecule has 1 aromatic heterocycles. The number of aliphatic hydroxyl groups is 1. The summed E-state index contributed by atoms with van der Waals surface area (Å²) in [6.45, 7) is 4.27. The summed E-state index contributed by atoms with van der Waals surface area (Å²) in [6, 6.07) is 0. The summed E-state index contributed by atoms with van der Waals surface area (Å²) in [7, 11) is -3.61. The van der Waals surface area contributed by atoms with Crippen LogP contribution in [-0.4, -0.2) is 20.2 Å². The van der Waals surface area contributed by atoms with Gasteiger partial charge < -0.3 is 5.11 Å². The van der Waals surface area contributed by atoms with Crippen molar-refractivity contribution >= 4 is 27.5 Å². The number of carbonyl (C=O) groups excluding carboxylic acids is 1. The Hall–Kier alpha value is -1.03. The molecule has 0 bridgehead atoms. The second kappa shape index (κ2) is 4.69. The molecule has 0 radical (unpaired) electrons. The molecule has 17 heavy (non-hydrogen) atoms. The lowest BCUT2D eigenvalue weighted by Crippen LogP contribution is -2.21. The van der Waals surface area contributed by atoms with Crippen molar-refractivity contribution in [3.8, 4) is 0 Å². The van der Waals surface area contributed by atoms with Gasteiger partial charge >= 0.3 is 0 Å². The van der Waals surface area contributed by atoms with Gasteiger partial charge in [0, 0.05) is 12.3 Å². The van der Waals surface area contributed by atoms with Crippen LogP contribution in [0.25, 0.3) is 0 Å². The number of thiol groups is 1. The number of carbonyl (C=O) groups is 1. The molecule has 0 fully saturated rings. The van der Waals surface area contributed by atoms with Crippen LogP contribution in [0.15, 0.2) is 19.4 Å². The topological polar surface area (TPSA) is 118 Å². The van der Waals surface area contributed by atoms with E-state index in [9.17, 15) is 14.1 Å². The minimum atomic E-state index is -3.61. The van der Waals surface area contributed by atoms with E-state index in [1.54, 1.807) is 13.8 Å². The highest BCUT2D eigenvalue weighted by atomic mass is 32.3. The van der Waals surface area contributed by atoms with Crippen LogP contribution in [0.2, 0.25) is 0 Å². The first-order valence-electron chi connectivity index (χ1n) is 4.64. The minimum absolute atomic E-state index is 0.0552. The van der Waals surface area contributed by atoms with E-state index in [0.29, 0.717) is 5.69 Å². The Bertz CT molecular complexity index is 503. The van der Waals surface area contributed by atoms with E-state index in [4.69, 9.17) is 5.14 Å². The minimum Gasteiger partial charge on any atom is -0.384 e. The quantitative estimate of drug-likeness (QED) is 0.552. The van der Waals surface area contributed by atoms with Crippen LogP contribution in [-0.2, 0) is 20.7 Å². The van der Waals surface area contributed by atoms with Crippen molar-refractivity contribution in [3.05, 3.63) is 11.1 Å². The Morgan fingerprint density at radius 3 is 2.65 bits per heavy atom. The fraction of sp³-hybridized carbons (Fsp3) is 0.500. The first-order chi connectivity index (χ1) is 7.63. The van der Waals surface area contributed by atoms with Crippen molar-refractivity contribution in [1.82, 2.24) is 4.98 Å². The zero-order valence-electron chi connectivity index (χ0n) is 9.62. The Labute approximate surface area is 103 Å². The molecule has 0 aliphatic heterocycles. The van der Waals surface area contributed by atoms with Crippen molar-refractivity contribution in [2.45, 2.75) is 30.7 Å². The fourth-order valence-electron chi connectivity index (χ4n) is 0.860. The normalized spacial score (nSPS) is 14.2. The van der Waals surface area contributed by atoms with Crippen molar-refractivity contribution in [2.75, 3.05) is 0 Å². The summed E-state index contributed by atoms with van der Waals surface area (Å²) in [5, 5.41) is 19.8. The largest absolute Gasteiger partial charge is 0.384 e. The number of hydrogen-bond donors (Lipinski definition) is 3. The van der Waals surface area contributed by atoms with Gasteiger partial charge in [-0.1, -0.05) is 4.52 Å². The first kappa shape index (κ1) is 14.0. The molecule has 0 aliphatic rings. The van der Waals surface area contributed by atoms with E-state index in [-0.39, 0.29) is 4.34 Å². The average Bonchev–Trinajstić information content (AvgIpc) is 2.63. The molecule has 1 aromatic rings. The molecule has 1 heterocycles. The molecule has 0 saturated carbocycles. The first-order valence-corrected chi connectivity index (χ1v) is 7.25. The molecule has 96 valence electrons. The Kier molecular flexibility index (Phi) is 3.87. The molecule has 9 heteroatoms. The number of amides is 1. The predicted octanol–water partition coefficient (Wildman–Crippen LogP) is 0.534. The maximum absolute atomic E-state index is 11.9. The monoisotopic (exact) mass is 278 g/mol. The Balaban J connectivity index is 3.05. The van der Waals surface area contributed by atoms with Gasteiger partial charge in [0.05, 0.1) is 16.0 Å². The van der Waals surface area contributed by atoms with Crippen LogP contribution in [0.3, 0.4) is 0 Å². The smallest absolute Gasteiger partial charge is 0.262 e. The zero-order valence-corrected chi connectivity index (χ0v) is 11.3. The van der Waals surface area contributed by atoms with Gasteiger partial charge in [-0.3, -0.25) is 9.93 Å². The third-order valence-electron chi connectivity index (χ3n) is 1.71.